The highest BCUT2D eigenvalue weighted by Crippen LogP contribution is 2.23. The van der Waals surface area contributed by atoms with E-state index in [1.807, 2.05) is 42.8 Å². The Hall–Kier alpha value is -2.55. The second-order valence-electron chi connectivity index (χ2n) is 7.01. The first-order valence-electron chi connectivity index (χ1n) is 9.37. The number of aromatic nitrogens is 4. The maximum absolute atomic E-state index is 12.6. The van der Waals surface area contributed by atoms with Crippen LogP contribution < -0.4 is 5.32 Å². The minimum atomic E-state index is -0.431. The average Bonchev–Trinajstić information content (AvgIpc) is 3.40. The molecule has 3 heterocycles. The Morgan fingerprint density at radius 1 is 1.10 bits per heavy atom. The summed E-state index contributed by atoms with van der Waals surface area (Å²) in [4.78, 5) is 12.6. The van der Waals surface area contributed by atoms with Gasteiger partial charge in [-0.15, -0.1) is 0 Å². The number of nitrogens with one attached hydrogen (secondary N) is 1. The first-order valence-corrected chi connectivity index (χ1v) is 10.9. The summed E-state index contributed by atoms with van der Waals surface area (Å²) in [6.07, 6.45) is 1.65. The third-order valence-corrected chi connectivity index (χ3v) is 6.37. The van der Waals surface area contributed by atoms with Crippen molar-refractivity contribution >= 4 is 50.9 Å². The molecule has 31 heavy (non-hydrogen) atoms. The Morgan fingerprint density at radius 2 is 1.84 bits per heavy atom. The van der Waals surface area contributed by atoms with Gasteiger partial charge in [0.25, 0.3) is 5.91 Å². The van der Waals surface area contributed by atoms with Gasteiger partial charge in [-0.05, 0) is 59.6 Å². The molecule has 0 saturated heterocycles. The number of hydrogen-bond acceptors (Lipinski definition) is 4. The number of halogens is 3. The Bertz CT molecular complexity index is 1240. The summed E-state index contributed by atoms with van der Waals surface area (Å²) in [6, 6.07) is 10.8. The van der Waals surface area contributed by atoms with Gasteiger partial charge in [-0.25, -0.2) is 0 Å². The van der Waals surface area contributed by atoms with Crippen molar-refractivity contribution in [2.24, 2.45) is 0 Å². The summed E-state index contributed by atoms with van der Waals surface area (Å²) in [5.74, 6) is 0.613. The molecule has 0 bridgehead atoms. The fourth-order valence-electron chi connectivity index (χ4n) is 3.07. The highest BCUT2D eigenvalue weighted by Gasteiger charge is 2.17. The number of benzene rings is 1. The molecule has 0 aliphatic heterocycles. The van der Waals surface area contributed by atoms with E-state index < -0.39 is 5.91 Å². The van der Waals surface area contributed by atoms with Crippen LogP contribution in [0.5, 0.6) is 0 Å². The molecule has 0 aliphatic rings. The minimum Gasteiger partial charge on any atom is -0.454 e. The lowest BCUT2D eigenvalue weighted by molar-refractivity contribution is 0.0994. The van der Waals surface area contributed by atoms with E-state index in [4.69, 9.17) is 27.6 Å². The van der Waals surface area contributed by atoms with Crippen LogP contribution in [-0.2, 0) is 13.1 Å². The van der Waals surface area contributed by atoms with E-state index in [-0.39, 0.29) is 11.6 Å². The molecular weight excluding hydrogens is 505 g/mol. The second-order valence-corrected chi connectivity index (χ2v) is 8.65. The number of rotatable bonds is 6. The number of carbonyl (C=O) groups excluding carboxylic acids is 1. The van der Waals surface area contributed by atoms with Crippen molar-refractivity contribution in [2.45, 2.75) is 26.9 Å². The van der Waals surface area contributed by atoms with Crippen molar-refractivity contribution in [2.75, 3.05) is 5.32 Å². The number of aryl methyl sites for hydroxylation is 1. The molecule has 1 aromatic carbocycles. The second kappa shape index (κ2) is 8.90. The lowest BCUT2D eigenvalue weighted by Gasteiger charge is -2.03. The first-order chi connectivity index (χ1) is 14.8. The molecule has 1 amide bonds. The third kappa shape index (κ3) is 4.87. The van der Waals surface area contributed by atoms with Crippen molar-refractivity contribution in [3.63, 3.8) is 0 Å². The normalized spacial score (nSPS) is 11.1. The molecule has 0 spiro atoms. The van der Waals surface area contributed by atoms with E-state index in [0.717, 1.165) is 21.4 Å². The van der Waals surface area contributed by atoms with Gasteiger partial charge in [0.2, 0.25) is 0 Å². The molecule has 0 fully saturated rings. The Kier molecular flexibility index (Phi) is 6.22. The van der Waals surface area contributed by atoms with Crippen LogP contribution in [0.15, 0.2) is 51.5 Å². The standard InChI is InChI=1S/C21H18BrCl2N5O2/c1-12-19(22)13(2)29(26-12)10-16-7-8-18(31-16)21(30)25-20-17(24)11-28(27-20)9-14-3-5-15(23)6-4-14/h3-8,11H,9-10H2,1-2H3,(H,25,27,30). The van der Waals surface area contributed by atoms with Gasteiger partial charge in [-0.2, -0.15) is 10.2 Å². The van der Waals surface area contributed by atoms with E-state index in [1.165, 1.54) is 0 Å². The van der Waals surface area contributed by atoms with E-state index in [1.54, 1.807) is 23.0 Å². The predicted molar refractivity (Wildman–Crippen MR) is 123 cm³/mol. The van der Waals surface area contributed by atoms with Crippen LogP contribution in [0.2, 0.25) is 10.0 Å². The molecular formula is C21H18BrCl2N5O2. The van der Waals surface area contributed by atoms with Gasteiger partial charge >= 0.3 is 0 Å². The summed E-state index contributed by atoms with van der Waals surface area (Å²) in [5.41, 5.74) is 2.89. The maximum atomic E-state index is 12.6. The smallest absolute Gasteiger partial charge is 0.292 e. The van der Waals surface area contributed by atoms with E-state index >= 15 is 0 Å². The summed E-state index contributed by atoms with van der Waals surface area (Å²) in [7, 11) is 0. The van der Waals surface area contributed by atoms with Crippen LogP contribution in [0.1, 0.15) is 33.3 Å². The maximum Gasteiger partial charge on any atom is 0.292 e. The predicted octanol–water partition coefficient (Wildman–Crippen LogP) is 5.71. The van der Waals surface area contributed by atoms with Crippen LogP contribution in [0.4, 0.5) is 5.82 Å². The Labute approximate surface area is 197 Å². The van der Waals surface area contributed by atoms with Crippen molar-refractivity contribution in [3.05, 3.63) is 85.6 Å². The van der Waals surface area contributed by atoms with Gasteiger partial charge in [-0.1, -0.05) is 35.3 Å². The number of amides is 1. The van der Waals surface area contributed by atoms with Gasteiger partial charge in [0.05, 0.1) is 29.0 Å². The number of carbonyl (C=O) groups is 1. The molecule has 10 heteroatoms. The monoisotopic (exact) mass is 521 g/mol. The van der Waals surface area contributed by atoms with Crippen LogP contribution in [0, 0.1) is 13.8 Å². The molecule has 0 aliphatic carbocycles. The Balaban J connectivity index is 1.43. The number of hydrogen-bond donors (Lipinski definition) is 1. The third-order valence-electron chi connectivity index (χ3n) is 4.69. The van der Waals surface area contributed by atoms with Crippen LogP contribution >= 0.6 is 39.1 Å². The summed E-state index contributed by atoms with van der Waals surface area (Å²) < 4.78 is 10.1. The average molecular weight is 523 g/mol. The van der Waals surface area contributed by atoms with Gasteiger partial charge in [0.15, 0.2) is 11.6 Å². The highest BCUT2D eigenvalue weighted by atomic mass is 79.9. The fourth-order valence-corrected chi connectivity index (χ4v) is 3.68. The summed E-state index contributed by atoms with van der Waals surface area (Å²) in [6.45, 7) is 4.80. The zero-order valence-corrected chi connectivity index (χ0v) is 19.8. The fraction of sp³-hybridized carbons (Fsp3) is 0.190. The molecule has 3 aromatic heterocycles. The van der Waals surface area contributed by atoms with Gasteiger partial charge in [-0.3, -0.25) is 14.2 Å². The van der Waals surface area contributed by atoms with Crippen LogP contribution in [0.3, 0.4) is 0 Å². The van der Waals surface area contributed by atoms with E-state index in [2.05, 4.69) is 31.4 Å². The molecule has 7 nitrogen and oxygen atoms in total. The molecule has 1 N–H and O–H groups in total. The lowest BCUT2D eigenvalue weighted by Crippen LogP contribution is -2.12. The highest BCUT2D eigenvalue weighted by molar-refractivity contribution is 9.10. The van der Waals surface area contributed by atoms with Crippen LogP contribution in [-0.4, -0.2) is 25.5 Å². The van der Waals surface area contributed by atoms with Crippen molar-refractivity contribution in [1.29, 1.82) is 0 Å². The first kappa shape index (κ1) is 21.7. The molecule has 0 atom stereocenters. The molecule has 160 valence electrons. The SMILES string of the molecule is Cc1nn(Cc2ccc(C(=O)Nc3nn(Cc4ccc(Cl)cc4)cc3Cl)o2)c(C)c1Br. The largest absolute Gasteiger partial charge is 0.454 e. The Morgan fingerprint density at radius 3 is 2.52 bits per heavy atom. The molecule has 0 radical (unpaired) electrons. The number of nitrogens with zero attached hydrogens (tertiary/aromatic N) is 4. The lowest BCUT2D eigenvalue weighted by atomic mass is 10.2. The van der Waals surface area contributed by atoms with E-state index in [9.17, 15) is 4.79 Å². The quantitative estimate of drug-likeness (QED) is 0.352. The topological polar surface area (TPSA) is 77.9 Å². The molecule has 4 rings (SSSR count). The molecule has 0 saturated carbocycles. The number of furan rings is 1. The van der Waals surface area contributed by atoms with Crippen molar-refractivity contribution < 1.29 is 9.21 Å². The zero-order valence-electron chi connectivity index (χ0n) is 16.7. The molecule has 4 aromatic rings. The summed E-state index contributed by atoms with van der Waals surface area (Å²) in [5, 5.41) is 12.5. The molecule has 0 unspecified atom stereocenters. The van der Waals surface area contributed by atoms with Crippen LogP contribution in [0.25, 0.3) is 0 Å². The minimum absolute atomic E-state index is 0.166. The number of anilines is 1. The summed E-state index contributed by atoms with van der Waals surface area (Å²) >= 11 is 15.7. The van der Waals surface area contributed by atoms with Gasteiger partial charge < -0.3 is 9.73 Å². The van der Waals surface area contributed by atoms with Gasteiger partial charge in [0.1, 0.15) is 10.8 Å². The van der Waals surface area contributed by atoms with E-state index in [0.29, 0.717) is 28.9 Å². The van der Waals surface area contributed by atoms with Crippen molar-refractivity contribution in [1.82, 2.24) is 19.6 Å². The van der Waals surface area contributed by atoms with Crippen molar-refractivity contribution in [3.8, 4) is 0 Å². The van der Waals surface area contributed by atoms with Gasteiger partial charge in [0, 0.05) is 11.2 Å². The zero-order chi connectivity index (χ0) is 22.1.